The minimum absolute atomic E-state index is 0.161. The van der Waals surface area contributed by atoms with Gasteiger partial charge in [-0.2, -0.15) is 8.78 Å². The van der Waals surface area contributed by atoms with Gasteiger partial charge in [-0.3, -0.25) is 4.72 Å². The SMILES string of the molecule is CN(C)c1ccc(NS(=O)(=O)c2ccc(OC(F)F)c(Cl)c2)cc1. The van der Waals surface area contributed by atoms with Crippen LogP contribution in [0.5, 0.6) is 5.75 Å². The van der Waals surface area contributed by atoms with E-state index < -0.39 is 16.6 Å². The molecule has 0 aliphatic heterocycles. The molecule has 2 rings (SSSR count). The second kappa shape index (κ2) is 7.23. The zero-order chi connectivity index (χ0) is 17.9. The summed E-state index contributed by atoms with van der Waals surface area (Å²) in [5, 5.41) is -0.221. The van der Waals surface area contributed by atoms with Gasteiger partial charge >= 0.3 is 6.61 Å². The van der Waals surface area contributed by atoms with E-state index in [0.29, 0.717) is 5.69 Å². The van der Waals surface area contributed by atoms with Gasteiger partial charge < -0.3 is 9.64 Å². The zero-order valence-electron chi connectivity index (χ0n) is 12.8. The average molecular weight is 377 g/mol. The zero-order valence-corrected chi connectivity index (χ0v) is 14.4. The lowest BCUT2D eigenvalue weighted by molar-refractivity contribution is -0.0498. The maximum absolute atomic E-state index is 12.3. The number of hydrogen-bond acceptors (Lipinski definition) is 4. The third-order valence-corrected chi connectivity index (χ3v) is 4.74. The molecule has 0 aliphatic rings. The third-order valence-electron chi connectivity index (χ3n) is 3.07. The Balaban J connectivity index is 2.22. The third kappa shape index (κ3) is 4.48. The summed E-state index contributed by atoms with van der Waals surface area (Å²) in [6.45, 7) is -3.04. The standard InChI is InChI=1S/C15H15ClF2N2O3S/c1-20(2)11-5-3-10(4-6-11)19-24(21,22)12-7-8-14(13(16)9-12)23-15(17)18/h3-9,15,19H,1-2H3. The van der Waals surface area contributed by atoms with Crippen LogP contribution in [0, 0.1) is 0 Å². The van der Waals surface area contributed by atoms with Gasteiger partial charge in [0.05, 0.1) is 9.92 Å². The summed E-state index contributed by atoms with van der Waals surface area (Å²) in [7, 11) is -0.175. The van der Waals surface area contributed by atoms with Crippen LogP contribution in [0.4, 0.5) is 20.2 Å². The molecule has 2 aromatic carbocycles. The van der Waals surface area contributed by atoms with Crippen LogP contribution in [0.15, 0.2) is 47.4 Å². The molecule has 0 saturated carbocycles. The second-order valence-electron chi connectivity index (χ2n) is 5.02. The first-order valence-corrected chi connectivity index (χ1v) is 8.60. The van der Waals surface area contributed by atoms with E-state index in [1.807, 2.05) is 19.0 Å². The van der Waals surface area contributed by atoms with Crippen LogP contribution in [0.25, 0.3) is 0 Å². The first-order valence-electron chi connectivity index (χ1n) is 6.73. The van der Waals surface area contributed by atoms with E-state index in [4.69, 9.17) is 11.6 Å². The van der Waals surface area contributed by atoms with Crippen molar-refractivity contribution in [2.45, 2.75) is 11.5 Å². The van der Waals surface area contributed by atoms with E-state index in [1.165, 1.54) is 0 Å². The van der Waals surface area contributed by atoms with Crippen molar-refractivity contribution in [1.29, 1.82) is 0 Å². The molecule has 0 radical (unpaired) electrons. The largest absolute Gasteiger partial charge is 0.433 e. The van der Waals surface area contributed by atoms with Crippen molar-refractivity contribution in [1.82, 2.24) is 0 Å². The van der Waals surface area contributed by atoms with Gasteiger partial charge in [-0.1, -0.05) is 11.6 Å². The van der Waals surface area contributed by atoms with Gasteiger partial charge in [0.1, 0.15) is 5.75 Å². The summed E-state index contributed by atoms with van der Waals surface area (Å²) in [5.74, 6) is -0.291. The predicted molar refractivity (Wildman–Crippen MR) is 89.7 cm³/mol. The van der Waals surface area contributed by atoms with Crippen LogP contribution in [0.2, 0.25) is 5.02 Å². The molecule has 2 aromatic rings. The highest BCUT2D eigenvalue weighted by Gasteiger charge is 2.17. The summed E-state index contributed by atoms with van der Waals surface area (Å²) in [4.78, 5) is 1.71. The number of nitrogens with zero attached hydrogens (tertiary/aromatic N) is 1. The fourth-order valence-electron chi connectivity index (χ4n) is 1.88. The Morgan fingerprint density at radius 2 is 1.75 bits per heavy atom. The predicted octanol–water partition coefficient (Wildman–Crippen LogP) is 3.81. The Bertz CT molecular complexity index is 812. The Kier molecular flexibility index (Phi) is 5.51. The fourth-order valence-corrected chi connectivity index (χ4v) is 3.26. The monoisotopic (exact) mass is 376 g/mol. The average Bonchev–Trinajstić information content (AvgIpc) is 2.49. The van der Waals surface area contributed by atoms with Gasteiger partial charge in [-0.05, 0) is 42.5 Å². The molecule has 0 bridgehead atoms. The molecule has 0 unspecified atom stereocenters. The van der Waals surface area contributed by atoms with Crippen molar-refractivity contribution >= 4 is 33.0 Å². The summed E-state index contributed by atoms with van der Waals surface area (Å²) in [5.41, 5.74) is 1.28. The lowest BCUT2D eigenvalue weighted by Crippen LogP contribution is -2.13. The topological polar surface area (TPSA) is 58.6 Å². The highest BCUT2D eigenvalue weighted by molar-refractivity contribution is 7.92. The lowest BCUT2D eigenvalue weighted by atomic mass is 10.3. The highest BCUT2D eigenvalue weighted by atomic mass is 35.5. The summed E-state index contributed by atoms with van der Waals surface area (Å²) >= 11 is 5.78. The Hall–Kier alpha value is -2.06. The minimum atomic E-state index is -3.91. The van der Waals surface area contributed by atoms with Crippen LogP contribution < -0.4 is 14.4 Å². The molecule has 0 amide bonds. The molecule has 9 heteroatoms. The molecule has 0 atom stereocenters. The van der Waals surface area contributed by atoms with Gasteiger partial charge in [-0.15, -0.1) is 0 Å². The van der Waals surface area contributed by atoms with Crippen LogP contribution in [-0.2, 0) is 10.0 Å². The molecule has 0 saturated heterocycles. The normalized spacial score (nSPS) is 11.4. The molecular formula is C15H15ClF2N2O3S. The number of ether oxygens (including phenoxy) is 1. The molecule has 24 heavy (non-hydrogen) atoms. The number of hydrogen-bond donors (Lipinski definition) is 1. The van der Waals surface area contributed by atoms with Gasteiger partial charge in [0.2, 0.25) is 0 Å². The minimum Gasteiger partial charge on any atom is -0.433 e. The number of benzene rings is 2. The van der Waals surface area contributed by atoms with Gasteiger partial charge in [0.15, 0.2) is 0 Å². The Morgan fingerprint density at radius 3 is 2.25 bits per heavy atom. The van der Waals surface area contributed by atoms with Crippen LogP contribution in [-0.4, -0.2) is 29.1 Å². The molecule has 0 aromatic heterocycles. The Labute approximate surface area is 143 Å². The summed E-state index contributed by atoms with van der Waals surface area (Å²) < 4.78 is 55.6. The van der Waals surface area contributed by atoms with Crippen molar-refractivity contribution < 1.29 is 21.9 Å². The van der Waals surface area contributed by atoms with E-state index in [1.54, 1.807) is 24.3 Å². The van der Waals surface area contributed by atoms with E-state index in [-0.39, 0.29) is 15.7 Å². The van der Waals surface area contributed by atoms with Crippen LogP contribution in [0.1, 0.15) is 0 Å². The summed E-state index contributed by atoms with van der Waals surface area (Å²) in [6.07, 6.45) is 0. The van der Waals surface area contributed by atoms with E-state index >= 15 is 0 Å². The highest BCUT2D eigenvalue weighted by Crippen LogP contribution is 2.29. The molecular weight excluding hydrogens is 362 g/mol. The fraction of sp³-hybridized carbons (Fsp3) is 0.200. The molecule has 130 valence electrons. The maximum Gasteiger partial charge on any atom is 0.387 e. The molecule has 0 spiro atoms. The van der Waals surface area contributed by atoms with E-state index in [2.05, 4.69) is 9.46 Å². The first kappa shape index (κ1) is 18.3. The molecule has 5 nitrogen and oxygen atoms in total. The number of sulfonamides is 1. The van der Waals surface area contributed by atoms with Crippen molar-refractivity contribution in [3.8, 4) is 5.75 Å². The van der Waals surface area contributed by atoms with Crippen molar-refractivity contribution in [3.05, 3.63) is 47.5 Å². The van der Waals surface area contributed by atoms with Gasteiger partial charge in [0.25, 0.3) is 10.0 Å². The van der Waals surface area contributed by atoms with Crippen molar-refractivity contribution in [2.24, 2.45) is 0 Å². The first-order chi connectivity index (χ1) is 11.2. The van der Waals surface area contributed by atoms with Crippen molar-refractivity contribution in [2.75, 3.05) is 23.7 Å². The quantitative estimate of drug-likeness (QED) is 0.833. The maximum atomic E-state index is 12.3. The number of nitrogens with one attached hydrogen (secondary N) is 1. The lowest BCUT2D eigenvalue weighted by Gasteiger charge is -2.14. The smallest absolute Gasteiger partial charge is 0.387 e. The van der Waals surface area contributed by atoms with E-state index in [9.17, 15) is 17.2 Å². The number of rotatable bonds is 6. The van der Waals surface area contributed by atoms with Crippen LogP contribution >= 0.6 is 11.6 Å². The van der Waals surface area contributed by atoms with Crippen LogP contribution in [0.3, 0.4) is 0 Å². The number of halogens is 3. The second-order valence-corrected chi connectivity index (χ2v) is 7.11. The molecule has 0 fully saturated rings. The van der Waals surface area contributed by atoms with Gasteiger partial charge in [0, 0.05) is 25.5 Å². The molecule has 1 N–H and O–H groups in total. The molecule has 0 aliphatic carbocycles. The Morgan fingerprint density at radius 1 is 1.12 bits per heavy atom. The summed E-state index contributed by atoms with van der Waals surface area (Å²) in [6, 6.07) is 10.0. The number of anilines is 2. The van der Waals surface area contributed by atoms with Gasteiger partial charge in [-0.25, -0.2) is 8.42 Å². The molecule has 0 heterocycles. The van der Waals surface area contributed by atoms with Crippen molar-refractivity contribution in [3.63, 3.8) is 0 Å². The number of alkyl halides is 2. The van der Waals surface area contributed by atoms with E-state index in [0.717, 1.165) is 23.9 Å².